The third-order valence-corrected chi connectivity index (χ3v) is 3.48. The summed E-state index contributed by atoms with van der Waals surface area (Å²) in [6, 6.07) is 9.10. The summed E-state index contributed by atoms with van der Waals surface area (Å²) in [5, 5.41) is 3.01. The number of fused-ring (bicyclic) bond motifs is 1. The molecule has 1 aliphatic heterocycles. The molecule has 0 saturated heterocycles. The van der Waals surface area contributed by atoms with Crippen LogP contribution in [0.25, 0.3) is 0 Å². The van der Waals surface area contributed by atoms with Crippen molar-refractivity contribution in [1.29, 1.82) is 0 Å². The number of hydrogen-bond acceptors (Lipinski definition) is 3. The first-order valence-electron chi connectivity index (χ1n) is 6.71. The van der Waals surface area contributed by atoms with E-state index in [9.17, 15) is 8.78 Å². The fourth-order valence-electron chi connectivity index (χ4n) is 2.48. The maximum Gasteiger partial charge on any atom is 0.163 e. The van der Waals surface area contributed by atoms with Crippen LogP contribution in [0.15, 0.2) is 36.4 Å². The topological polar surface area (TPSA) is 30.5 Å². The molecule has 3 rings (SSSR count). The van der Waals surface area contributed by atoms with Gasteiger partial charge in [0.15, 0.2) is 23.1 Å². The Morgan fingerprint density at radius 1 is 1.05 bits per heavy atom. The minimum atomic E-state index is -0.856. The lowest BCUT2D eigenvalue weighted by Gasteiger charge is -2.22. The summed E-state index contributed by atoms with van der Waals surface area (Å²) in [7, 11) is 1.70. The number of ether oxygens (including phenoxy) is 2. The van der Waals surface area contributed by atoms with Gasteiger partial charge in [-0.3, -0.25) is 0 Å². The second kappa shape index (κ2) is 5.69. The molecule has 0 saturated carbocycles. The van der Waals surface area contributed by atoms with Crippen molar-refractivity contribution in [3.05, 3.63) is 59.2 Å². The predicted octanol–water partition coefficient (Wildman–Crippen LogP) is 3.04. The first-order chi connectivity index (χ1) is 10.2. The Bertz CT molecular complexity index is 661. The predicted molar refractivity (Wildman–Crippen MR) is 74.7 cm³/mol. The molecule has 1 atom stereocenters. The molecule has 0 spiro atoms. The average molecular weight is 291 g/mol. The number of nitrogens with one attached hydrogen (secondary N) is 1. The quantitative estimate of drug-likeness (QED) is 0.943. The molecule has 0 amide bonds. The van der Waals surface area contributed by atoms with Crippen LogP contribution in [0.1, 0.15) is 17.2 Å². The van der Waals surface area contributed by atoms with Crippen molar-refractivity contribution in [3.8, 4) is 11.5 Å². The van der Waals surface area contributed by atoms with Crippen LogP contribution in [0.4, 0.5) is 8.78 Å². The number of hydrogen-bond donors (Lipinski definition) is 1. The van der Waals surface area contributed by atoms with Gasteiger partial charge in [0, 0.05) is 5.56 Å². The minimum Gasteiger partial charge on any atom is -0.486 e. The van der Waals surface area contributed by atoms with Crippen LogP contribution >= 0.6 is 0 Å². The van der Waals surface area contributed by atoms with Crippen molar-refractivity contribution in [2.75, 3.05) is 20.3 Å². The highest BCUT2D eigenvalue weighted by molar-refractivity contribution is 5.46. The van der Waals surface area contributed by atoms with Crippen molar-refractivity contribution in [2.45, 2.75) is 6.04 Å². The van der Waals surface area contributed by atoms with Crippen LogP contribution in [0.5, 0.6) is 11.5 Å². The fraction of sp³-hybridized carbons (Fsp3) is 0.250. The Balaban J connectivity index is 2.02. The average Bonchev–Trinajstić information content (AvgIpc) is 2.52. The van der Waals surface area contributed by atoms with Gasteiger partial charge in [0.25, 0.3) is 0 Å². The Morgan fingerprint density at radius 2 is 1.81 bits per heavy atom. The Labute approximate surface area is 121 Å². The maximum absolute atomic E-state index is 14.0. The van der Waals surface area contributed by atoms with Crippen molar-refractivity contribution < 1.29 is 18.3 Å². The van der Waals surface area contributed by atoms with Gasteiger partial charge in [-0.1, -0.05) is 18.2 Å². The summed E-state index contributed by atoms with van der Waals surface area (Å²) < 4.78 is 38.4. The molecule has 110 valence electrons. The molecule has 0 fully saturated rings. The maximum atomic E-state index is 14.0. The lowest BCUT2D eigenvalue weighted by Crippen LogP contribution is -2.20. The van der Waals surface area contributed by atoms with Crippen LogP contribution < -0.4 is 14.8 Å². The second-order valence-corrected chi connectivity index (χ2v) is 4.77. The van der Waals surface area contributed by atoms with E-state index in [1.807, 2.05) is 6.07 Å². The Hall–Kier alpha value is -2.14. The summed E-state index contributed by atoms with van der Waals surface area (Å²) in [4.78, 5) is 0. The SMILES string of the molecule is CNC(c1ccc2c(c1)OCCO2)c1cccc(F)c1F. The van der Waals surface area contributed by atoms with E-state index in [4.69, 9.17) is 9.47 Å². The van der Waals surface area contributed by atoms with Gasteiger partial charge in [0.1, 0.15) is 13.2 Å². The molecule has 2 aromatic rings. The number of benzene rings is 2. The van der Waals surface area contributed by atoms with E-state index in [1.54, 1.807) is 25.2 Å². The van der Waals surface area contributed by atoms with Crippen molar-refractivity contribution in [1.82, 2.24) is 5.32 Å². The third-order valence-electron chi connectivity index (χ3n) is 3.48. The lowest BCUT2D eigenvalue weighted by atomic mass is 9.97. The fourth-order valence-corrected chi connectivity index (χ4v) is 2.48. The molecular weight excluding hydrogens is 276 g/mol. The molecule has 0 aromatic heterocycles. The molecule has 1 N–H and O–H groups in total. The smallest absolute Gasteiger partial charge is 0.163 e. The molecule has 5 heteroatoms. The molecule has 2 aromatic carbocycles. The minimum absolute atomic E-state index is 0.258. The number of rotatable bonds is 3. The summed E-state index contributed by atoms with van der Waals surface area (Å²) in [6.07, 6.45) is 0. The normalized spacial score (nSPS) is 14.8. The first-order valence-corrected chi connectivity index (χ1v) is 6.71. The molecule has 0 bridgehead atoms. The highest BCUT2D eigenvalue weighted by Gasteiger charge is 2.21. The monoisotopic (exact) mass is 291 g/mol. The van der Waals surface area contributed by atoms with Gasteiger partial charge in [-0.2, -0.15) is 0 Å². The lowest BCUT2D eigenvalue weighted by molar-refractivity contribution is 0.171. The summed E-state index contributed by atoms with van der Waals surface area (Å²) in [6.45, 7) is 0.995. The Morgan fingerprint density at radius 3 is 2.57 bits per heavy atom. The second-order valence-electron chi connectivity index (χ2n) is 4.77. The van der Waals surface area contributed by atoms with E-state index in [-0.39, 0.29) is 5.56 Å². The van der Waals surface area contributed by atoms with Gasteiger partial charge in [0.2, 0.25) is 0 Å². The zero-order chi connectivity index (χ0) is 14.8. The van der Waals surface area contributed by atoms with Crippen LogP contribution in [-0.2, 0) is 0 Å². The molecule has 0 aliphatic carbocycles. The van der Waals surface area contributed by atoms with E-state index < -0.39 is 17.7 Å². The molecule has 0 radical (unpaired) electrons. The van der Waals surface area contributed by atoms with Crippen LogP contribution in [0.2, 0.25) is 0 Å². The Kier molecular flexibility index (Phi) is 3.75. The van der Waals surface area contributed by atoms with Crippen molar-refractivity contribution >= 4 is 0 Å². The molecule has 1 aliphatic rings. The van der Waals surface area contributed by atoms with Crippen molar-refractivity contribution in [2.24, 2.45) is 0 Å². The van der Waals surface area contributed by atoms with Crippen LogP contribution in [-0.4, -0.2) is 20.3 Å². The van der Waals surface area contributed by atoms with E-state index >= 15 is 0 Å². The zero-order valence-electron chi connectivity index (χ0n) is 11.5. The highest BCUT2D eigenvalue weighted by Crippen LogP contribution is 2.34. The molecule has 1 heterocycles. The zero-order valence-corrected chi connectivity index (χ0v) is 11.5. The summed E-state index contributed by atoms with van der Waals surface area (Å²) in [5.41, 5.74) is 1.04. The highest BCUT2D eigenvalue weighted by atomic mass is 19.2. The third kappa shape index (κ3) is 2.56. The van der Waals surface area contributed by atoms with Crippen LogP contribution in [0, 0.1) is 11.6 Å². The van der Waals surface area contributed by atoms with Gasteiger partial charge >= 0.3 is 0 Å². The van der Waals surface area contributed by atoms with E-state index in [2.05, 4.69) is 5.32 Å². The summed E-state index contributed by atoms with van der Waals surface area (Å²) in [5.74, 6) is -0.410. The van der Waals surface area contributed by atoms with Gasteiger partial charge in [-0.15, -0.1) is 0 Å². The number of halogens is 2. The largest absolute Gasteiger partial charge is 0.486 e. The van der Waals surface area contributed by atoms with E-state index in [1.165, 1.54) is 6.07 Å². The van der Waals surface area contributed by atoms with Gasteiger partial charge in [0.05, 0.1) is 6.04 Å². The first kappa shape index (κ1) is 13.8. The standard InChI is InChI=1S/C16H15F2NO2/c1-19-16(11-3-2-4-12(17)15(11)18)10-5-6-13-14(9-10)21-8-7-20-13/h2-6,9,16,19H,7-8H2,1H3. The van der Waals surface area contributed by atoms with Gasteiger partial charge in [-0.25, -0.2) is 8.78 Å². The molecule has 3 nitrogen and oxygen atoms in total. The van der Waals surface area contributed by atoms with Crippen molar-refractivity contribution in [3.63, 3.8) is 0 Å². The van der Waals surface area contributed by atoms with E-state index in [0.717, 1.165) is 11.6 Å². The summed E-state index contributed by atoms with van der Waals surface area (Å²) >= 11 is 0. The van der Waals surface area contributed by atoms with Gasteiger partial charge < -0.3 is 14.8 Å². The van der Waals surface area contributed by atoms with E-state index in [0.29, 0.717) is 24.7 Å². The molecular formula is C16H15F2NO2. The van der Waals surface area contributed by atoms with Crippen LogP contribution in [0.3, 0.4) is 0 Å². The van der Waals surface area contributed by atoms with Gasteiger partial charge in [-0.05, 0) is 30.8 Å². The molecule has 1 unspecified atom stereocenters. The molecule has 21 heavy (non-hydrogen) atoms.